The van der Waals surface area contributed by atoms with Crippen LogP contribution >= 0.6 is 0 Å². The number of aromatic hydroxyl groups is 1. The number of ether oxygens (including phenoxy) is 1. The molecule has 1 aliphatic rings. The van der Waals surface area contributed by atoms with Crippen LogP contribution in [0.25, 0.3) is 5.69 Å². The fourth-order valence-electron chi connectivity index (χ4n) is 2.41. The molecule has 2 N–H and O–H groups in total. The van der Waals surface area contributed by atoms with Crippen molar-refractivity contribution in [2.45, 2.75) is 12.8 Å². The Hall–Kier alpha value is -2.01. The predicted molar refractivity (Wildman–Crippen MR) is 76.3 cm³/mol. The average molecular weight is 273 g/mol. The molecule has 0 spiro atoms. The summed E-state index contributed by atoms with van der Waals surface area (Å²) in [7, 11) is 0. The Labute approximate surface area is 118 Å². The Balaban J connectivity index is 1.60. The Kier molecular flexibility index (Phi) is 3.87. The van der Waals surface area contributed by atoms with E-state index in [1.165, 1.54) is 12.8 Å². The molecule has 106 valence electrons. The van der Waals surface area contributed by atoms with Crippen LogP contribution in [-0.4, -0.2) is 34.6 Å². The van der Waals surface area contributed by atoms with Gasteiger partial charge in [0.25, 0.3) is 0 Å². The molecule has 0 saturated carbocycles. The maximum Gasteiger partial charge on any atom is 0.157 e. The van der Waals surface area contributed by atoms with Gasteiger partial charge in [-0.15, -0.1) is 0 Å². The number of benzene rings is 1. The maximum absolute atomic E-state index is 9.28. The topological polar surface area (TPSA) is 59.3 Å². The van der Waals surface area contributed by atoms with Crippen molar-refractivity contribution in [3.8, 4) is 17.2 Å². The van der Waals surface area contributed by atoms with Gasteiger partial charge in [-0.05, 0) is 43.7 Å². The lowest BCUT2D eigenvalue weighted by atomic mass is 10.0. The van der Waals surface area contributed by atoms with Crippen molar-refractivity contribution in [3.63, 3.8) is 0 Å². The number of nitrogens with one attached hydrogen (secondary N) is 1. The number of rotatable bonds is 4. The summed E-state index contributed by atoms with van der Waals surface area (Å²) in [5.74, 6) is 1.62. The average Bonchev–Trinajstić information content (AvgIpc) is 2.96. The third-order valence-electron chi connectivity index (χ3n) is 3.56. The second-order valence-corrected chi connectivity index (χ2v) is 5.16. The number of hydrogen-bond donors (Lipinski definition) is 2. The standard InChI is InChI=1S/C15H19N3O2/c19-14-5-3-13(4-6-14)18-10-15(9-17-18)20-11-12-2-1-7-16-8-12/h3-6,9-10,12,16,19H,1-2,7-8,11H2. The van der Waals surface area contributed by atoms with Gasteiger partial charge in [-0.3, -0.25) is 0 Å². The first-order chi connectivity index (χ1) is 9.81. The van der Waals surface area contributed by atoms with Gasteiger partial charge in [0.15, 0.2) is 5.75 Å². The molecule has 1 unspecified atom stereocenters. The van der Waals surface area contributed by atoms with Crippen molar-refractivity contribution in [1.82, 2.24) is 15.1 Å². The van der Waals surface area contributed by atoms with Gasteiger partial charge in [0.1, 0.15) is 5.75 Å². The van der Waals surface area contributed by atoms with Crippen molar-refractivity contribution < 1.29 is 9.84 Å². The zero-order chi connectivity index (χ0) is 13.8. The fourth-order valence-corrected chi connectivity index (χ4v) is 2.41. The summed E-state index contributed by atoms with van der Waals surface area (Å²) in [6.07, 6.45) is 6.03. The molecule has 20 heavy (non-hydrogen) atoms. The number of phenols is 1. The van der Waals surface area contributed by atoms with E-state index >= 15 is 0 Å². The van der Waals surface area contributed by atoms with Crippen molar-refractivity contribution in [2.75, 3.05) is 19.7 Å². The normalized spacial score (nSPS) is 18.9. The van der Waals surface area contributed by atoms with E-state index in [2.05, 4.69) is 10.4 Å². The van der Waals surface area contributed by atoms with Crippen LogP contribution in [0.3, 0.4) is 0 Å². The van der Waals surface area contributed by atoms with Crippen molar-refractivity contribution in [2.24, 2.45) is 5.92 Å². The van der Waals surface area contributed by atoms with E-state index in [1.807, 2.05) is 18.3 Å². The number of nitrogens with zero attached hydrogens (tertiary/aromatic N) is 2. The third kappa shape index (κ3) is 3.11. The fraction of sp³-hybridized carbons (Fsp3) is 0.400. The van der Waals surface area contributed by atoms with Crippen LogP contribution in [0.1, 0.15) is 12.8 Å². The minimum Gasteiger partial charge on any atom is -0.508 e. The highest BCUT2D eigenvalue weighted by atomic mass is 16.5. The third-order valence-corrected chi connectivity index (χ3v) is 3.56. The van der Waals surface area contributed by atoms with Gasteiger partial charge in [-0.2, -0.15) is 5.10 Å². The number of piperidine rings is 1. The Morgan fingerprint density at radius 1 is 1.35 bits per heavy atom. The van der Waals surface area contributed by atoms with E-state index in [0.29, 0.717) is 5.92 Å². The summed E-state index contributed by atoms with van der Waals surface area (Å²) in [6, 6.07) is 6.92. The molecular formula is C15H19N3O2. The highest BCUT2D eigenvalue weighted by Gasteiger charge is 2.14. The number of aromatic nitrogens is 2. The highest BCUT2D eigenvalue weighted by molar-refractivity contribution is 5.37. The maximum atomic E-state index is 9.28. The van der Waals surface area contributed by atoms with Crippen molar-refractivity contribution in [3.05, 3.63) is 36.7 Å². The first-order valence-electron chi connectivity index (χ1n) is 6.99. The lowest BCUT2D eigenvalue weighted by Crippen LogP contribution is -2.32. The first-order valence-corrected chi connectivity index (χ1v) is 6.99. The Morgan fingerprint density at radius 3 is 2.95 bits per heavy atom. The summed E-state index contributed by atoms with van der Waals surface area (Å²) in [6.45, 7) is 2.88. The summed E-state index contributed by atoms with van der Waals surface area (Å²) in [5.41, 5.74) is 0.900. The molecular weight excluding hydrogens is 254 g/mol. The molecule has 0 aliphatic carbocycles. The molecule has 5 nitrogen and oxygen atoms in total. The lowest BCUT2D eigenvalue weighted by Gasteiger charge is -2.22. The smallest absolute Gasteiger partial charge is 0.157 e. The molecule has 3 rings (SSSR count). The first kappa shape index (κ1) is 13.0. The van der Waals surface area contributed by atoms with Crippen LogP contribution in [0.2, 0.25) is 0 Å². The van der Waals surface area contributed by atoms with E-state index in [1.54, 1.807) is 23.0 Å². The second-order valence-electron chi connectivity index (χ2n) is 5.16. The Morgan fingerprint density at radius 2 is 2.20 bits per heavy atom. The van der Waals surface area contributed by atoms with Crippen molar-refractivity contribution in [1.29, 1.82) is 0 Å². The second kappa shape index (κ2) is 5.96. The van der Waals surface area contributed by atoms with Gasteiger partial charge in [-0.1, -0.05) is 0 Å². The molecule has 1 aliphatic heterocycles. The van der Waals surface area contributed by atoms with Gasteiger partial charge < -0.3 is 15.2 Å². The Bertz CT molecular complexity index is 545. The predicted octanol–water partition coefficient (Wildman–Crippen LogP) is 1.96. The molecule has 1 aromatic heterocycles. The minimum atomic E-state index is 0.252. The van der Waals surface area contributed by atoms with E-state index in [-0.39, 0.29) is 5.75 Å². The number of phenolic OH excluding ortho intramolecular Hbond substituents is 1. The number of hydrogen-bond acceptors (Lipinski definition) is 4. The van der Waals surface area contributed by atoms with Crippen LogP contribution in [0.5, 0.6) is 11.5 Å². The molecule has 0 bridgehead atoms. The quantitative estimate of drug-likeness (QED) is 0.894. The molecule has 5 heteroatoms. The van der Waals surface area contributed by atoms with Gasteiger partial charge in [0, 0.05) is 12.5 Å². The zero-order valence-electron chi connectivity index (χ0n) is 11.3. The zero-order valence-corrected chi connectivity index (χ0v) is 11.3. The van der Waals surface area contributed by atoms with Crippen LogP contribution in [-0.2, 0) is 0 Å². The van der Waals surface area contributed by atoms with Crippen LogP contribution in [0, 0.1) is 5.92 Å². The lowest BCUT2D eigenvalue weighted by molar-refractivity contribution is 0.218. The minimum absolute atomic E-state index is 0.252. The molecule has 2 heterocycles. The highest BCUT2D eigenvalue weighted by Crippen LogP contribution is 2.18. The summed E-state index contributed by atoms with van der Waals surface area (Å²) in [5, 5.41) is 16.9. The monoisotopic (exact) mass is 273 g/mol. The summed E-state index contributed by atoms with van der Waals surface area (Å²) in [4.78, 5) is 0. The molecule has 1 aromatic carbocycles. The van der Waals surface area contributed by atoms with Crippen LogP contribution < -0.4 is 10.1 Å². The van der Waals surface area contributed by atoms with Gasteiger partial charge in [-0.25, -0.2) is 4.68 Å². The SMILES string of the molecule is Oc1ccc(-n2cc(OCC3CCCNC3)cn2)cc1. The van der Waals surface area contributed by atoms with Gasteiger partial charge in [0.2, 0.25) is 0 Å². The molecule has 1 saturated heterocycles. The van der Waals surface area contributed by atoms with Crippen LogP contribution in [0.4, 0.5) is 0 Å². The molecule has 2 aromatic rings. The van der Waals surface area contributed by atoms with Gasteiger partial charge in [0.05, 0.1) is 24.7 Å². The van der Waals surface area contributed by atoms with E-state index in [0.717, 1.165) is 31.1 Å². The molecule has 1 fully saturated rings. The van der Waals surface area contributed by atoms with E-state index < -0.39 is 0 Å². The van der Waals surface area contributed by atoms with E-state index in [9.17, 15) is 5.11 Å². The summed E-state index contributed by atoms with van der Waals surface area (Å²) >= 11 is 0. The molecule has 1 atom stereocenters. The molecule has 0 amide bonds. The van der Waals surface area contributed by atoms with Gasteiger partial charge >= 0.3 is 0 Å². The van der Waals surface area contributed by atoms with Crippen molar-refractivity contribution >= 4 is 0 Å². The largest absolute Gasteiger partial charge is 0.508 e. The van der Waals surface area contributed by atoms with Crippen LogP contribution in [0.15, 0.2) is 36.7 Å². The molecule has 0 radical (unpaired) electrons. The van der Waals surface area contributed by atoms with E-state index in [4.69, 9.17) is 4.74 Å². The summed E-state index contributed by atoms with van der Waals surface area (Å²) < 4.78 is 7.54.